The lowest BCUT2D eigenvalue weighted by molar-refractivity contribution is -0.139. The Hall–Kier alpha value is -1.93. The fourth-order valence-electron chi connectivity index (χ4n) is 2.64. The number of nitrogens with zero attached hydrogens (tertiary/aromatic N) is 2. The summed E-state index contributed by atoms with van der Waals surface area (Å²) in [4.78, 5) is 20.9. The SMILES string of the molecule is C.CC=CC.CCOC(=O)CSc1ccnc2ccc(Br)cc12.Clc1ccnc2ccc(Br)cc12. The number of carbonyl (C=O) groups is 1. The van der Waals surface area contributed by atoms with Gasteiger partial charge in [-0.25, -0.2) is 0 Å². The average molecular weight is 641 g/mol. The highest BCUT2D eigenvalue weighted by Crippen LogP contribution is 2.29. The summed E-state index contributed by atoms with van der Waals surface area (Å²) in [6, 6.07) is 15.5. The Bertz CT molecular complexity index is 1260. The van der Waals surface area contributed by atoms with Crippen LogP contribution in [0.25, 0.3) is 21.8 Å². The van der Waals surface area contributed by atoms with Gasteiger partial charge in [0.25, 0.3) is 0 Å². The van der Waals surface area contributed by atoms with Gasteiger partial charge in [0.2, 0.25) is 0 Å². The first-order valence-corrected chi connectivity index (χ1v) is 13.4. The first-order valence-electron chi connectivity index (χ1n) is 10.5. The van der Waals surface area contributed by atoms with Crippen LogP contribution in [0, 0.1) is 0 Å². The number of fused-ring (bicyclic) bond motifs is 2. The Labute approximate surface area is 233 Å². The van der Waals surface area contributed by atoms with E-state index in [2.05, 4.69) is 41.8 Å². The number of hydrogen-bond donors (Lipinski definition) is 0. The third-order valence-corrected chi connectivity index (χ3v) is 6.66. The van der Waals surface area contributed by atoms with Gasteiger partial charge in [0.15, 0.2) is 0 Å². The summed E-state index contributed by atoms with van der Waals surface area (Å²) in [5, 5.41) is 2.76. The predicted molar refractivity (Wildman–Crippen MR) is 158 cm³/mol. The molecule has 4 aromatic rings. The van der Waals surface area contributed by atoms with Crippen molar-refractivity contribution < 1.29 is 9.53 Å². The van der Waals surface area contributed by atoms with Crippen LogP contribution in [0.4, 0.5) is 0 Å². The number of hydrogen-bond acceptors (Lipinski definition) is 5. The molecule has 8 heteroatoms. The number of benzene rings is 2. The second-order valence-electron chi connectivity index (χ2n) is 6.69. The number of esters is 1. The zero-order chi connectivity index (χ0) is 24.9. The molecule has 0 unspecified atom stereocenters. The molecule has 186 valence electrons. The smallest absolute Gasteiger partial charge is 0.316 e. The van der Waals surface area contributed by atoms with Gasteiger partial charge in [0.1, 0.15) is 0 Å². The lowest BCUT2D eigenvalue weighted by atomic mass is 10.2. The fraction of sp³-hybridized carbons (Fsp3) is 0.222. The molecule has 0 aliphatic heterocycles. The second-order valence-corrected chi connectivity index (χ2v) is 9.94. The first kappa shape index (κ1) is 31.1. The van der Waals surface area contributed by atoms with Gasteiger partial charge in [0.05, 0.1) is 28.4 Å². The van der Waals surface area contributed by atoms with Gasteiger partial charge in [-0.2, -0.15) is 0 Å². The average Bonchev–Trinajstić information content (AvgIpc) is 2.84. The van der Waals surface area contributed by atoms with Crippen LogP contribution >= 0.6 is 55.2 Å². The normalized spacial score (nSPS) is 10.1. The van der Waals surface area contributed by atoms with Gasteiger partial charge in [-0.05, 0) is 69.3 Å². The van der Waals surface area contributed by atoms with E-state index in [0.717, 1.165) is 40.7 Å². The van der Waals surface area contributed by atoms with E-state index in [-0.39, 0.29) is 13.4 Å². The van der Waals surface area contributed by atoms with Crippen LogP contribution < -0.4 is 0 Å². The van der Waals surface area contributed by atoms with Crippen molar-refractivity contribution in [2.24, 2.45) is 0 Å². The van der Waals surface area contributed by atoms with Crippen LogP contribution in [0.5, 0.6) is 0 Å². The molecule has 4 rings (SSSR count). The van der Waals surface area contributed by atoms with E-state index >= 15 is 0 Å². The summed E-state index contributed by atoms with van der Waals surface area (Å²) in [5.74, 6) is 0.127. The van der Waals surface area contributed by atoms with Crippen molar-refractivity contribution in [3.63, 3.8) is 0 Å². The van der Waals surface area contributed by atoms with Crippen LogP contribution in [0.2, 0.25) is 5.02 Å². The number of halogens is 3. The first-order chi connectivity index (χ1) is 16.4. The van der Waals surface area contributed by atoms with Crippen LogP contribution in [-0.4, -0.2) is 28.3 Å². The maximum Gasteiger partial charge on any atom is 0.316 e. The van der Waals surface area contributed by atoms with Gasteiger partial charge >= 0.3 is 5.97 Å². The van der Waals surface area contributed by atoms with E-state index in [0.29, 0.717) is 12.4 Å². The van der Waals surface area contributed by atoms with Crippen LogP contribution in [0.15, 0.2) is 86.9 Å². The highest BCUT2D eigenvalue weighted by atomic mass is 79.9. The van der Waals surface area contributed by atoms with E-state index in [4.69, 9.17) is 16.3 Å². The molecule has 4 nitrogen and oxygen atoms in total. The summed E-state index contributed by atoms with van der Waals surface area (Å²) in [6.07, 6.45) is 7.46. The highest BCUT2D eigenvalue weighted by molar-refractivity contribution is 9.10. The third-order valence-electron chi connectivity index (χ3n) is 4.30. The van der Waals surface area contributed by atoms with Crippen molar-refractivity contribution in [2.75, 3.05) is 12.4 Å². The van der Waals surface area contributed by atoms with Gasteiger partial charge in [-0.3, -0.25) is 14.8 Å². The molecular weight excluding hydrogens is 612 g/mol. The topological polar surface area (TPSA) is 52.1 Å². The molecule has 0 radical (unpaired) electrons. The molecule has 0 atom stereocenters. The number of aromatic nitrogens is 2. The molecule has 0 spiro atoms. The quantitative estimate of drug-likeness (QED) is 0.126. The lowest BCUT2D eigenvalue weighted by Gasteiger charge is -2.06. The molecule has 2 aromatic carbocycles. The van der Waals surface area contributed by atoms with Crippen molar-refractivity contribution >= 4 is 83.0 Å². The van der Waals surface area contributed by atoms with Crippen molar-refractivity contribution in [3.05, 3.63) is 87.0 Å². The molecule has 0 aliphatic carbocycles. The number of pyridine rings is 2. The van der Waals surface area contributed by atoms with E-state index in [1.165, 1.54) is 11.8 Å². The Morgan fingerprint density at radius 2 is 1.49 bits per heavy atom. The Morgan fingerprint density at radius 1 is 0.943 bits per heavy atom. The van der Waals surface area contributed by atoms with E-state index in [9.17, 15) is 4.79 Å². The molecule has 35 heavy (non-hydrogen) atoms. The fourth-order valence-corrected chi connectivity index (χ4v) is 4.41. The molecule has 0 saturated carbocycles. The van der Waals surface area contributed by atoms with Crippen molar-refractivity contribution in [1.29, 1.82) is 0 Å². The zero-order valence-electron chi connectivity index (χ0n) is 19.1. The van der Waals surface area contributed by atoms with E-state index in [1.807, 2.05) is 75.4 Å². The van der Waals surface area contributed by atoms with Crippen LogP contribution in [0.1, 0.15) is 28.2 Å². The molecule has 2 aromatic heterocycles. The number of ether oxygens (including phenoxy) is 1. The molecule has 0 bridgehead atoms. The largest absolute Gasteiger partial charge is 0.465 e. The summed E-state index contributed by atoms with van der Waals surface area (Å²) < 4.78 is 6.93. The van der Waals surface area contributed by atoms with Gasteiger partial charge in [0, 0.05) is 37.0 Å². The van der Waals surface area contributed by atoms with Gasteiger partial charge < -0.3 is 4.74 Å². The number of thioether (sulfide) groups is 1. The molecular formula is C27H29Br2ClN2O2S. The molecule has 0 amide bonds. The zero-order valence-corrected chi connectivity index (χ0v) is 23.8. The number of rotatable bonds is 4. The third kappa shape index (κ3) is 10.3. The molecule has 0 N–H and O–H groups in total. The predicted octanol–water partition coefficient (Wildman–Crippen LogP) is 9.52. The lowest BCUT2D eigenvalue weighted by Crippen LogP contribution is -2.06. The molecule has 0 fully saturated rings. The van der Waals surface area contributed by atoms with Gasteiger partial charge in [-0.15, -0.1) is 11.8 Å². The number of allylic oxidation sites excluding steroid dienone is 2. The Morgan fingerprint density at radius 3 is 2.06 bits per heavy atom. The van der Waals surface area contributed by atoms with Crippen molar-refractivity contribution in [2.45, 2.75) is 33.1 Å². The maximum absolute atomic E-state index is 11.4. The summed E-state index contributed by atoms with van der Waals surface area (Å²) >= 11 is 14.3. The Kier molecular flexibility index (Phi) is 14.8. The molecule has 0 saturated heterocycles. The summed E-state index contributed by atoms with van der Waals surface area (Å²) in [7, 11) is 0. The number of carbonyl (C=O) groups excluding carboxylic acids is 1. The minimum absolute atomic E-state index is 0. The van der Waals surface area contributed by atoms with E-state index < -0.39 is 0 Å². The van der Waals surface area contributed by atoms with Gasteiger partial charge in [-0.1, -0.05) is 63.0 Å². The molecule has 0 aliphatic rings. The van der Waals surface area contributed by atoms with Crippen molar-refractivity contribution in [1.82, 2.24) is 9.97 Å². The van der Waals surface area contributed by atoms with Crippen LogP contribution in [-0.2, 0) is 9.53 Å². The second kappa shape index (κ2) is 16.7. The summed E-state index contributed by atoms with van der Waals surface area (Å²) in [6.45, 7) is 6.23. The Balaban J connectivity index is 0.000000311. The monoisotopic (exact) mass is 638 g/mol. The van der Waals surface area contributed by atoms with Crippen molar-refractivity contribution in [3.8, 4) is 0 Å². The minimum Gasteiger partial charge on any atom is -0.465 e. The standard InChI is InChI=1S/C13H12BrNO2S.C9H5BrClN.C4H8.CH4/c1-2-17-13(16)8-18-12-5-6-15-11-4-3-9(14)7-10(11)12;10-6-1-2-9-7(5-6)8(11)3-4-12-9;1-3-4-2;/h3-7H,2,8H2,1H3;1-5H;3-4H,1-2H3;1H4. The maximum atomic E-state index is 11.4. The van der Waals surface area contributed by atoms with Crippen LogP contribution in [0.3, 0.4) is 0 Å². The molecule has 2 heterocycles. The van der Waals surface area contributed by atoms with E-state index in [1.54, 1.807) is 18.5 Å². The minimum atomic E-state index is -0.192. The summed E-state index contributed by atoms with van der Waals surface area (Å²) in [5.41, 5.74) is 1.85. The highest BCUT2D eigenvalue weighted by Gasteiger charge is 2.07.